The number of nitrogen functional groups attached to an aromatic ring is 1. The molecule has 0 fully saturated rings. The van der Waals surface area contributed by atoms with Crippen LogP contribution in [0.15, 0.2) is 36.8 Å². The number of nitrogens with zero attached hydrogens (tertiary/aromatic N) is 2. The van der Waals surface area contributed by atoms with Gasteiger partial charge in [0, 0.05) is 17.6 Å². The summed E-state index contributed by atoms with van der Waals surface area (Å²) in [5, 5.41) is 3.28. The van der Waals surface area contributed by atoms with Crippen LogP contribution in [0.4, 0.5) is 11.4 Å². The molecule has 0 spiro atoms. The lowest BCUT2D eigenvalue weighted by Gasteiger charge is -2.07. The normalized spacial score (nSPS) is 10.1. The summed E-state index contributed by atoms with van der Waals surface area (Å²) < 4.78 is 0. The number of aryl methyl sites for hydroxylation is 1. The minimum absolute atomic E-state index is 0.686. The van der Waals surface area contributed by atoms with Crippen LogP contribution in [0.1, 0.15) is 11.3 Å². The van der Waals surface area contributed by atoms with Crippen LogP contribution in [0.3, 0.4) is 0 Å². The Labute approximate surface area is 94.5 Å². The highest BCUT2D eigenvalue weighted by Gasteiger charge is 1.97. The molecule has 0 aliphatic heterocycles. The van der Waals surface area contributed by atoms with Crippen LogP contribution in [0.2, 0.25) is 0 Å². The van der Waals surface area contributed by atoms with Gasteiger partial charge in [-0.05, 0) is 36.8 Å². The molecule has 2 aromatic rings. The van der Waals surface area contributed by atoms with E-state index in [0.29, 0.717) is 6.54 Å². The number of anilines is 2. The average molecular weight is 214 g/mol. The number of hydrogen-bond acceptors (Lipinski definition) is 4. The third-order valence-electron chi connectivity index (χ3n) is 2.39. The summed E-state index contributed by atoms with van der Waals surface area (Å²) in [6.45, 7) is 2.68. The number of nitrogens with one attached hydrogen (secondary N) is 1. The first-order valence-corrected chi connectivity index (χ1v) is 5.10. The second-order valence-corrected chi connectivity index (χ2v) is 3.63. The van der Waals surface area contributed by atoms with Gasteiger partial charge in [-0.2, -0.15) is 0 Å². The molecule has 0 bridgehead atoms. The molecule has 0 aliphatic rings. The van der Waals surface area contributed by atoms with Crippen molar-refractivity contribution in [1.82, 2.24) is 9.97 Å². The molecule has 2 rings (SSSR count). The SMILES string of the molecule is Cc1cc(NCc2ccncn2)ccc1N. The van der Waals surface area contributed by atoms with Gasteiger partial charge in [0.15, 0.2) is 0 Å². The summed E-state index contributed by atoms with van der Waals surface area (Å²) in [7, 11) is 0. The molecule has 0 atom stereocenters. The van der Waals surface area contributed by atoms with E-state index in [1.165, 1.54) is 0 Å². The molecular weight excluding hydrogens is 200 g/mol. The molecule has 82 valence electrons. The zero-order chi connectivity index (χ0) is 11.4. The van der Waals surface area contributed by atoms with Gasteiger partial charge in [0.2, 0.25) is 0 Å². The fourth-order valence-electron chi connectivity index (χ4n) is 1.40. The van der Waals surface area contributed by atoms with Crippen LogP contribution >= 0.6 is 0 Å². The van der Waals surface area contributed by atoms with Gasteiger partial charge < -0.3 is 11.1 Å². The number of nitrogens with two attached hydrogens (primary N) is 1. The number of benzene rings is 1. The van der Waals surface area contributed by atoms with E-state index in [-0.39, 0.29) is 0 Å². The Bertz CT molecular complexity index is 468. The van der Waals surface area contributed by atoms with E-state index in [0.717, 1.165) is 22.6 Å². The lowest BCUT2D eigenvalue weighted by atomic mass is 10.2. The molecule has 0 saturated carbocycles. The van der Waals surface area contributed by atoms with Crippen molar-refractivity contribution in [2.45, 2.75) is 13.5 Å². The minimum atomic E-state index is 0.686. The van der Waals surface area contributed by atoms with Crippen molar-refractivity contribution < 1.29 is 0 Å². The Balaban J connectivity index is 2.03. The van der Waals surface area contributed by atoms with Crippen LogP contribution in [0, 0.1) is 6.92 Å². The van der Waals surface area contributed by atoms with Crippen molar-refractivity contribution in [3.8, 4) is 0 Å². The molecule has 4 nitrogen and oxygen atoms in total. The first-order chi connectivity index (χ1) is 7.75. The Morgan fingerprint density at radius 1 is 1.31 bits per heavy atom. The van der Waals surface area contributed by atoms with Crippen LogP contribution in [-0.4, -0.2) is 9.97 Å². The molecular formula is C12H14N4. The standard InChI is InChI=1S/C12H14N4/c1-9-6-10(2-3-12(9)13)15-7-11-4-5-14-8-16-11/h2-6,8,15H,7,13H2,1H3. The largest absolute Gasteiger partial charge is 0.399 e. The Morgan fingerprint density at radius 2 is 2.19 bits per heavy atom. The highest BCUT2D eigenvalue weighted by molar-refractivity contribution is 5.56. The summed E-state index contributed by atoms with van der Waals surface area (Å²) in [6, 6.07) is 7.77. The summed E-state index contributed by atoms with van der Waals surface area (Å²) in [5.41, 5.74) is 9.65. The lowest BCUT2D eigenvalue weighted by molar-refractivity contribution is 1.01. The fourth-order valence-corrected chi connectivity index (χ4v) is 1.40. The molecule has 1 heterocycles. The first kappa shape index (κ1) is 10.4. The van der Waals surface area contributed by atoms with Crippen molar-refractivity contribution >= 4 is 11.4 Å². The van der Waals surface area contributed by atoms with E-state index < -0.39 is 0 Å². The van der Waals surface area contributed by atoms with E-state index in [1.807, 2.05) is 31.2 Å². The zero-order valence-electron chi connectivity index (χ0n) is 9.14. The monoisotopic (exact) mass is 214 g/mol. The first-order valence-electron chi connectivity index (χ1n) is 5.10. The molecule has 0 amide bonds. The predicted molar refractivity (Wildman–Crippen MR) is 65.0 cm³/mol. The predicted octanol–water partition coefficient (Wildman–Crippen LogP) is 1.98. The highest BCUT2D eigenvalue weighted by Crippen LogP contribution is 2.16. The van der Waals surface area contributed by atoms with E-state index in [2.05, 4.69) is 15.3 Å². The second-order valence-electron chi connectivity index (χ2n) is 3.63. The number of rotatable bonds is 3. The Morgan fingerprint density at radius 3 is 2.88 bits per heavy atom. The number of aromatic nitrogens is 2. The van der Waals surface area contributed by atoms with Gasteiger partial charge in [-0.25, -0.2) is 9.97 Å². The molecule has 1 aromatic carbocycles. The maximum absolute atomic E-state index is 5.75. The van der Waals surface area contributed by atoms with E-state index in [9.17, 15) is 0 Å². The lowest BCUT2D eigenvalue weighted by Crippen LogP contribution is -2.02. The Kier molecular flexibility index (Phi) is 3.00. The third-order valence-corrected chi connectivity index (χ3v) is 2.39. The summed E-state index contributed by atoms with van der Waals surface area (Å²) in [4.78, 5) is 8.01. The summed E-state index contributed by atoms with van der Waals surface area (Å²) in [6.07, 6.45) is 3.28. The van der Waals surface area contributed by atoms with E-state index in [1.54, 1.807) is 12.5 Å². The maximum Gasteiger partial charge on any atom is 0.115 e. The molecule has 0 radical (unpaired) electrons. The topological polar surface area (TPSA) is 63.8 Å². The van der Waals surface area contributed by atoms with Gasteiger partial charge in [0.1, 0.15) is 6.33 Å². The van der Waals surface area contributed by atoms with E-state index in [4.69, 9.17) is 5.73 Å². The third kappa shape index (κ3) is 2.48. The smallest absolute Gasteiger partial charge is 0.115 e. The summed E-state index contributed by atoms with van der Waals surface area (Å²) >= 11 is 0. The van der Waals surface area contributed by atoms with Crippen LogP contribution < -0.4 is 11.1 Å². The van der Waals surface area contributed by atoms with Crippen molar-refractivity contribution in [2.24, 2.45) is 0 Å². The molecule has 0 aliphatic carbocycles. The van der Waals surface area contributed by atoms with Gasteiger partial charge >= 0.3 is 0 Å². The van der Waals surface area contributed by atoms with Crippen LogP contribution in [0.25, 0.3) is 0 Å². The fraction of sp³-hybridized carbons (Fsp3) is 0.167. The van der Waals surface area contributed by atoms with Crippen molar-refractivity contribution in [3.63, 3.8) is 0 Å². The van der Waals surface area contributed by atoms with E-state index >= 15 is 0 Å². The van der Waals surface area contributed by atoms with Gasteiger partial charge in [-0.1, -0.05) is 0 Å². The van der Waals surface area contributed by atoms with Crippen LogP contribution in [-0.2, 0) is 6.54 Å². The maximum atomic E-state index is 5.75. The molecule has 1 aromatic heterocycles. The van der Waals surface area contributed by atoms with Crippen LogP contribution in [0.5, 0.6) is 0 Å². The minimum Gasteiger partial charge on any atom is -0.399 e. The van der Waals surface area contributed by atoms with Crippen molar-refractivity contribution in [1.29, 1.82) is 0 Å². The molecule has 3 N–H and O–H groups in total. The number of hydrogen-bond donors (Lipinski definition) is 2. The van der Waals surface area contributed by atoms with Crippen molar-refractivity contribution in [3.05, 3.63) is 48.0 Å². The van der Waals surface area contributed by atoms with Gasteiger partial charge in [-0.15, -0.1) is 0 Å². The van der Waals surface area contributed by atoms with Gasteiger partial charge in [0.25, 0.3) is 0 Å². The molecule has 16 heavy (non-hydrogen) atoms. The Hall–Kier alpha value is -2.10. The van der Waals surface area contributed by atoms with Gasteiger partial charge in [-0.3, -0.25) is 0 Å². The molecule has 0 unspecified atom stereocenters. The average Bonchev–Trinajstić information content (AvgIpc) is 2.32. The zero-order valence-corrected chi connectivity index (χ0v) is 9.14. The molecule has 4 heteroatoms. The molecule has 0 saturated heterocycles. The quantitative estimate of drug-likeness (QED) is 0.767. The van der Waals surface area contributed by atoms with Crippen molar-refractivity contribution in [2.75, 3.05) is 11.1 Å². The highest BCUT2D eigenvalue weighted by atomic mass is 14.9. The second kappa shape index (κ2) is 4.61. The summed E-state index contributed by atoms with van der Waals surface area (Å²) in [5.74, 6) is 0. The van der Waals surface area contributed by atoms with Gasteiger partial charge in [0.05, 0.1) is 12.2 Å².